The van der Waals surface area contributed by atoms with Gasteiger partial charge in [-0.25, -0.2) is 4.39 Å². The van der Waals surface area contributed by atoms with Crippen LogP contribution in [0.1, 0.15) is 18.1 Å². The summed E-state index contributed by atoms with van der Waals surface area (Å²) in [6, 6.07) is 9.86. The van der Waals surface area contributed by atoms with Crippen LogP contribution in [0.25, 0.3) is 10.9 Å². The van der Waals surface area contributed by atoms with Crippen molar-refractivity contribution in [2.45, 2.75) is 12.5 Å². The summed E-state index contributed by atoms with van der Waals surface area (Å²) in [4.78, 5) is 3.08. The molecule has 0 fully saturated rings. The molecular weight excluding hydrogens is 312 g/mol. The van der Waals surface area contributed by atoms with E-state index in [0.29, 0.717) is 5.56 Å². The average Bonchev–Trinajstić information content (AvgIpc) is 2.90. The van der Waals surface area contributed by atoms with Gasteiger partial charge in [0.25, 0.3) is 0 Å². The molecule has 2 aromatic carbocycles. The number of hydrogen-bond acceptors (Lipinski definition) is 1. The van der Waals surface area contributed by atoms with Crippen molar-refractivity contribution in [2.24, 2.45) is 0 Å². The first-order valence-electron chi connectivity index (χ1n) is 6.35. The van der Waals surface area contributed by atoms with E-state index in [4.69, 9.17) is 23.2 Å². The zero-order valence-electron chi connectivity index (χ0n) is 11.1. The van der Waals surface area contributed by atoms with Crippen LogP contribution in [-0.4, -0.2) is 10.1 Å². The summed E-state index contributed by atoms with van der Waals surface area (Å²) in [5.41, 5.74) is 0.368. The zero-order chi connectivity index (χ0) is 15.2. The van der Waals surface area contributed by atoms with Gasteiger partial charge in [-0.3, -0.25) is 0 Å². The van der Waals surface area contributed by atoms with Crippen molar-refractivity contribution in [3.63, 3.8) is 0 Å². The predicted molar refractivity (Wildman–Crippen MR) is 83.4 cm³/mol. The maximum Gasteiger partial charge on any atom is 0.142 e. The Morgan fingerprint density at radius 2 is 1.86 bits per heavy atom. The van der Waals surface area contributed by atoms with Crippen molar-refractivity contribution in [1.29, 1.82) is 0 Å². The van der Waals surface area contributed by atoms with Gasteiger partial charge < -0.3 is 10.1 Å². The number of aliphatic hydroxyl groups is 1. The molecule has 1 heterocycles. The van der Waals surface area contributed by atoms with Gasteiger partial charge in [0, 0.05) is 27.7 Å². The van der Waals surface area contributed by atoms with Gasteiger partial charge in [0.15, 0.2) is 0 Å². The molecule has 0 saturated carbocycles. The predicted octanol–water partition coefficient (Wildman–Crippen LogP) is 4.87. The summed E-state index contributed by atoms with van der Waals surface area (Å²) in [6.45, 7) is 1.59. The summed E-state index contributed by atoms with van der Waals surface area (Å²) in [5.74, 6) is -0.613. The van der Waals surface area contributed by atoms with E-state index < -0.39 is 11.4 Å². The van der Waals surface area contributed by atoms with Crippen LogP contribution >= 0.6 is 23.2 Å². The molecule has 0 aliphatic heterocycles. The maximum absolute atomic E-state index is 13.8. The second kappa shape index (κ2) is 5.02. The minimum atomic E-state index is -1.44. The molecule has 2 N–H and O–H groups in total. The number of aromatic amines is 1. The summed E-state index contributed by atoms with van der Waals surface area (Å²) in [7, 11) is 0. The third kappa shape index (κ3) is 2.31. The molecule has 0 amide bonds. The third-order valence-corrected chi connectivity index (χ3v) is 4.26. The van der Waals surface area contributed by atoms with Gasteiger partial charge in [0.05, 0.1) is 5.02 Å². The van der Waals surface area contributed by atoms with E-state index in [1.54, 1.807) is 19.2 Å². The van der Waals surface area contributed by atoms with Crippen LogP contribution in [0.3, 0.4) is 0 Å². The topological polar surface area (TPSA) is 36.0 Å². The molecule has 2 nitrogen and oxygen atoms in total. The van der Waals surface area contributed by atoms with Gasteiger partial charge in [-0.05, 0) is 36.8 Å². The van der Waals surface area contributed by atoms with Gasteiger partial charge in [-0.2, -0.15) is 0 Å². The molecule has 21 heavy (non-hydrogen) atoms. The fourth-order valence-corrected chi connectivity index (χ4v) is 3.12. The van der Waals surface area contributed by atoms with E-state index in [0.717, 1.165) is 10.9 Å². The van der Waals surface area contributed by atoms with Gasteiger partial charge in [-0.1, -0.05) is 35.3 Å². The molecule has 0 aliphatic carbocycles. The van der Waals surface area contributed by atoms with Crippen molar-refractivity contribution in [3.8, 4) is 0 Å². The number of hydrogen-bond donors (Lipinski definition) is 2. The highest BCUT2D eigenvalue weighted by atomic mass is 35.5. The molecular formula is C16H12Cl2FNO. The van der Waals surface area contributed by atoms with Gasteiger partial charge in [-0.15, -0.1) is 0 Å². The molecule has 0 saturated heterocycles. The molecule has 1 aromatic heterocycles. The summed E-state index contributed by atoms with van der Waals surface area (Å²) < 4.78 is 13.8. The molecule has 3 rings (SSSR count). The van der Waals surface area contributed by atoms with E-state index >= 15 is 0 Å². The number of aromatic nitrogens is 1. The SMILES string of the molecule is CC(O)(c1cc(F)c(Cl)cc1Cl)c1cccc2[nH]ccc12. The first-order valence-corrected chi connectivity index (χ1v) is 7.11. The monoisotopic (exact) mass is 323 g/mol. The van der Waals surface area contributed by atoms with Crippen LogP contribution < -0.4 is 0 Å². The van der Waals surface area contributed by atoms with Gasteiger partial charge >= 0.3 is 0 Å². The number of benzene rings is 2. The normalized spacial score (nSPS) is 14.3. The second-order valence-electron chi connectivity index (χ2n) is 5.06. The van der Waals surface area contributed by atoms with Crippen LogP contribution in [0, 0.1) is 5.82 Å². The zero-order valence-corrected chi connectivity index (χ0v) is 12.6. The third-order valence-electron chi connectivity index (χ3n) is 3.65. The van der Waals surface area contributed by atoms with E-state index in [1.165, 1.54) is 12.1 Å². The second-order valence-corrected chi connectivity index (χ2v) is 5.88. The first-order chi connectivity index (χ1) is 9.91. The fourth-order valence-electron chi connectivity index (χ4n) is 2.55. The number of fused-ring (bicyclic) bond motifs is 1. The molecule has 0 bridgehead atoms. The summed E-state index contributed by atoms with van der Waals surface area (Å²) in [6.07, 6.45) is 1.79. The number of rotatable bonds is 2. The Labute approximate surface area is 131 Å². The van der Waals surface area contributed by atoms with E-state index in [-0.39, 0.29) is 15.6 Å². The Kier molecular flexibility index (Phi) is 3.44. The largest absolute Gasteiger partial charge is 0.381 e. The van der Waals surface area contributed by atoms with E-state index in [2.05, 4.69) is 4.98 Å². The molecule has 1 atom stereocenters. The lowest BCUT2D eigenvalue weighted by Gasteiger charge is -2.26. The van der Waals surface area contributed by atoms with Gasteiger partial charge in [0.1, 0.15) is 11.4 Å². The minimum Gasteiger partial charge on any atom is -0.381 e. The Balaban J connectivity index is 2.25. The molecule has 5 heteroatoms. The van der Waals surface area contributed by atoms with Crippen molar-refractivity contribution in [2.75, 3.05) is 0 Å². The van der Waals surface area contributed by atoms with Crippen LogP contribution in [-0.2, 0) is 5.60 Å². The van der Waals surface area contributed by atoms with Crippen molar-refractivity contribution >= 4 is 34.1 Å². The molecule has 1 unspecified atom stereocenters. The summed E-state index contributed by atoms with van der Waals surface area (Å²) in [5, 5.41) is 12.0. The Hall–Kier alpha value is -1.55. The number of H-pyrrole nitrogens is 1. The van der Waals surface area contributed by atoms with Gasteiger partial charge in [0.2, 0.25) is 0 Å². The van der Waals surface area contributed by atoms with Crippen LogP contribution in [0.5, 0.6) is 0 Å². The standard InChI is InChI=1S/C16H12Cl2FNO/c1-16(21,11-7-14(19)13(18)8-12(11)17)10-3-2-4-15-9(10)5-6-20-15/h2-8,20-21H,1H3. The lowest BCUT2D eigenvalue weighted by molar-refractivity contribution is 0.104. The Morgan fingerprint density at radius 3 is 2.62 bits per heavy atom. The lowest BCUT2D eigenvalue weighted by Crippen LogP contribution is -2.23. The smallest absolute Gasteiger partial charge is 0.142 e. The highest BCUT2D eigenvalue weighted by Gasteiger charge is 2.31. The van der Waals surface area contributed by atoms with Crippen LogP contribution in [0.2, 0.25) is 10.0 Å². The van der Waals surface area contributed by atoms with Crippen molar-refractivity contribution in [3.05, 3.63) is 69.6 Å². The van der Waals surface area contributed by atoms with Crippen molar-refractivity contribution in [1.82, 2.24) is 4.98 Å². The van der Waals surface area contributed by atoms with E-state index in [1.807, 2.05) is 18.2 Å². The molecule has 0 spiro atoms. The Bertz CT molecular complexity index is 826. The summed E-state index contributed by atoms with van der Waals surface area (Å²) >= 11 is 11.9. The van der Waals surface area contributed by atoms with Crippen molar-refractivity contribution < 1.29 is 9.50 Å². The van der Waals surface area contributed by atoms with E-state index in [9.17, 15) is 9.50 Å². The fraction of sp³-hybridized carbons (Fsp3) is 0.125. The maximum atomic E-state index is 13.8. The molecule has 0 radical (unpaired) electrons. The minimum absolute atomic E-state index is 0.0700. The lowest BCUT2D eigenvalue weighted by atomic mass is 9.86. The number of nitrogens with one attached hydrogen (secondary N) is 1. The van der Waals surface area contributed by atoms with Crippen LogP contribution in [0.15, 0.2) is 42.6 Å². The number of halogens is 3. The molecule has 0 aliphatic rings. The highest BCUT2D eigenvalue weighted by Crippen LogP contribution is 2.39. The molecule has 3 aromatic rings. The van der Waals surface area contributed by atoms with Crippen LogP contribution in [0.4, 0.5) is 4.39 Å². The average molecular weight is 324 g/mol. The highest BCUT2D eigenvalue weighted by molar-refractivity contribution is 6.35. The Morgan fingerprint density at radius 1 is 1.10 bits per heavy atom. The molecule has 108 valence electrons. The quantitative estimate of drug-likeness (QED) is 0.648. The first kappa shape index (κ1) is 14.4.